The predicted octanol–water partition coefficient (Wildman–Crippen LogP) is -0.117. The summed E-state index contributed by atoms with van der Waals surface area (Å²) in [5.74, 6) is 0.868. The van der Waals surface area contributed by atoms with E-state index in [4.69, 9.17) is 0 Å². The van der Waals surface area contributed by atoms with Crippen LogP contribution >= 0.6 is 12.6 Å². The average Bonchev–Trinajstić information content (AvgIpc) is 2.16. The summed E-state index contributed by atoms with van der Waals surface area (Å²) >= 11 is 4.02. The Bertz CT molecular complexity index is 259. The third-order valence-electron chi connectivity index (χ3n) is 2.42. The fourth-order valence-corrected chi connectivity index (χ4v) is 3.30. The lowest BCUT2D eigenvalue weighted by atomic mass is 10.4. The topological polar surface area (TPSA) is 40.6 Å². The Balaban J connectivity index is 2.47. The molecule has 4 nitrogen and oxygen atoms in total. The van der Waals surface area contributed by atoms with Gasteiger partial charge in [-0.15, -0.1) is 0 Å². The third kappa shape index (κ3) is 3.42. The van der Waals surface area contributed by atoms with Crippen molar-refractivity contribution in [2.24, 2.45) is 0 Å². The second kappa shape index (κ2) is 5.34. The summed E-state index contributed by atoms with van der Waals surface area (Å²) in [6.45, 7) is 2.93. The van der Waals surface area contributed by atoms with E-state index in [0.717, 1.165) is 13.1 Å². The van der Waals surface area contributed by atoms with Gasteiger partial charge in [0.15, 0.2) is 0 Å². The first kappa shape index (κ1) is 12.3. The van der Waals surface area contributed by atoms with Crippen LogP contribution in [0.3, 0.4) is 0 Å². The molecule has 1 heterocycles. The van der Waals surface area contributed by atoms with Gasteiger partial charge in [0.05, 0.1) is 5.75 Å². The maximum atomic E-state index is 11.7. The number of likely N-dealkylation sites (N-methyl/N-ethyl adjacent to an activating group) is 1. The molecule has 14 heavy (non-hydrogen) atoms. The highest BCUT2D eigenvalue weighted by molar-refractivity contribution is 7.89. The highest BCUT2D eigenvalue weighted by Crippen LogP contribution is 2.07. The van der Waals surface area contributed by atoms with Gasteiger partial charge in [0, 0.05) is 26.2 Å². The van der Waals surface area contributed by atoms with Gasteiger partial charge in [0.25, 0.3) is 0 Å². The van der Waals surface area contributed by atoms with Crippen LogP contribution in [-0.4, -0.2) is 62.4 Å². The number of hydrogen-bond acceptors (Lipinski definition) is 4. The summed E-state index contributed by atoms with van der Waals surface area (Å²) in [5, 5.41) is 0. The van der Waals surface area contributed by atoms with Crippen LogP contribution in [0, 0.1) is 0 Å². The van der Waals surface area contributed by atoms with Crippen LogP contribution < -0.4 is 0 Å². The van der Waals surface area contributed by atoms with E-state index in [9.17, 15) is 8.42 Å². The predicted molar refractivity (Wildman–Crippen MR) is 61.3 cm³/mol. The van der Waals surface area contributed by atoms with Gasteiger partial charge in [-0.2, -0.15) is 16.9 Å². The van der Waals surface area contributed by atoms with E-state index in [2.05, 4.69) is 17.5 Å². The number of thiol groups is 1. The monoisotopic (exact) mass is 238 g/mol. The fraction of sp³-hybridized carbons (Fsp3) is 1.00. The molecule has 0 aromatic rings. The van der Waals surface area contributed by atoms with Crippen molar-refractivity contribution in [3.05, 3.63) is 0 Å². The van der Waals surface area contributed by atoms with Crippen molar-refractivity contribution in [1.29, 1.82) is 0 Å². The van der Waals surface area contributed by atoms with E-state index in [1.807, 2.05) is 7.05 Å². The molecule has 0 saturated carbocycles. The lowest BCUT2D eigenvalue weighted by molar-refractivity contribution is 0.222. The van der Waals surface area contributed by atoms with Crippen LogP contribution in [0.1, 0.15) is 6.42 Å². The summed E-state index contributed by atoms with van der Waals surface area (Å²) in [6.07, 6.45) is 0.637. The van der Waals surface area contributed by atoms with Gasteiger partial charge >= 0.3 is 0 Å². The molecule has 1 fully saturated rings. The first-order chi connectivity index (χ1) is 6.56. The Morgan fingerprint density at radius 3 is 2.29 bits per heavy atom. The molecule has 1 rings (SSSR count). The fourth-order valence-electron chi connectivity index (χ4n) is 1.44. The van der Waals surface area contributed by atoms with Crippen molar-refractivity contribution < 1.29 is 8.42 Å². The molecule has 0 spiro atoms. The van der Waals surface area contributed by atoms with E-state index in [1.165, 1.54) is 0 Å². The van der Waals surface area contributed by atoms with E-state index in [-0.39, 0.29) is 5.75 Å². The largest absolute Gasteiger partial charge is 0.304 e. The van der Waals surface area contributed by atoms with Crippen LogP contribution in [0.4, 0.5) is 0 Å². The van der Waals surface area contributed by atoms with Gasteiger partial charge in [0.1, 0.15) is 0 Å². The SMILES string of the molecule is CN1CCN(S(=O)(=O)CCCS)CC1. The third-order valence-corrected chi connectivity index (χ3v) is 4.69. The van der Waals surface area contributed by atoms with Crippen LogP contribution in [0.25, 0.3) is 0 Å². The first-order valence-electron chi connectivity index (χ1n) is 4.83. The average molecular weight is 238 g/mol. The zero-order valence-electron chi connectivity index (χ0n) is 8.52. The first-order valence-corrected chi connectivity index (χ1v) is 7.07. The molecule has 0 aromatic carbocycles. The maximum absolute atomic E-state index is 11.7. The van der Waals surface area contributed by atoms with Crippen molar-refractivity contribution in [1.82, 2.24) is 9.21 Å². The van der Waals surface area contributed by atoms with Crippen molar-refractivity contribution >= 4 is 22.7 Å². The van der Waals surface area contributed by atoms with Crippen molar-refractivity contribution in [3.8, 4) is 0 Å². The summed E-state index contributed by atoms with van der Waals surface area (Å²) in [4.78, 5) is 2.14. The molecule has 0 aliphatic carbocycles. The van der Waals surface area contributed by atoms with Crippen LogP contribution in [0.2, 0.25) is 0 Å². The van der Waals surface area contributed by atoms with E-state index < -0.39 is 10.0 Å². The summed E-state index contributed by atoms with van der Waals surface area (Å²) in [7, 11) is -1.000. The molecule has 1 saturated heterocycles. The van der Waals surface area contributed by atoms with Crippen LogP contribution in [0.5, 0.6) is 0 Å². The lowest BCUT2D eigenvalue weighted by Crippen LogP contribution is -2.47. The van der Waals surface area contributed by atoms with Gasteiger partial charge in [-0.1, -0.05) is 0 Å². The van der Waals surface area contributed by atoms with Crippen molar-refractivity contribution in [2.75, 3.05) is 44.7 Å². The maximum Gasteiger partial charge on any atom is 0.214 e. The molecule has 0 amide bonds. The normalized spacial score (nSPS) is 21.3. The molecule has 0 N–H and O–H groups in total. The molecule has 84 valence electrons. The minimum atomic E-state index is -3.01. The number of nitrogens with zero attached hydrogens (tertiary/aromatic N) is 2. The molecule has 6 heteroatoms. The molecule has 0 radical (unpaired) electrons. The lowest BCUT2D eigenvalue weighted by Gasteiger charge is -2.31. The summed E-state index contributed by atoms with van der Waals surface area (Å²) in [5.41, 5.74) is 0. The second-order valence-electron chi connectivity index (χ2n) is 3.60. The summed E-state index contributed by atoms with van der Waals surface area (Å²) in [6, 6.07) is 0. The second-order valence-corrected chi connectivity index (χ2v) is 6.13. The van der Waals surface area contributed by atoms with Gasteiger partial charge in [-0.3, -0.25) is 0 Å². The van der Waals surface area contributed by atoms with E-state index >= 15 is 0 Å². The summed E-state index contributed by atoms with van der Waals surface area (Å²) < 4.78 is 25.0. The Morgan fingerprint density at radius 1 is 1.21 bits per heavy atom. The molecule has 0 atom stereocenters. The van der Waals surface area contributed by atoms with E-state index in [0.29, 0.717) is 25.3 Å². The molecular formula is C8H18N2O2S2. The number of sulfonamides is 1. The van der Waals surface area contributed by atoms with Gasteiger partial charge in [-0.25, -0.2) is 8.42 Å². The minimum absolute atomic E-state index is 0.236. The Kier molecular flexibility index (Phi) is 4.69. The van der Waals surface area contributed by atoms with E-state index in [1.54, 1.807) is 4.31 Å². The minimum Gasteiger partial charge on any atom is -0.304 e. The molecular weight excluding hydrogens is 220 g/mol. The van der Waals surface area contributed by atoms with Crippen molar-refractivity contribution in [2.45, 2.75) is 6.42 Å². The Labute approximate surface area is 91.7 Å². The van der Waals surface area contributed by atoms with Crippen molar-refractivity contribution in [3.63, 3.8) is 0 Å². The highest BCUT2D eigenvalue weighted by Gasteiger charge is 2.24. The number of hydrogen-bond donors (Lipinski definition) is 1. The Hall–Kier alpha value is 0.220. The molecule has 0 unspecified atom stereocenters. The quantitative estimate of drug-likeness (QED) is 0.695. The standard InChI is InChI=1S/C8H18N2O2S2/c1-9-3-5-10(6-4-9)14(11,12)8-2-7-13/h13H,2-8H2,1H3. The smallest absolute Gasteiger partial charge is 0.214 e. The highest BCUT2D eigenvalue weighted by atomic mass is 32.2. The molecule has 0 bridgehead atoms. The zero-order valence-corrected chi connectivity index (χ0v) is 10.2. The molecule has 0 aromatic heterocycles. The zero-order chi connectivity index (χ0) is 10.6. The molecule has 1 aliphatic rings. The van der Waals surface area contributed by atoms with Gasteiger partial charge in [0.2, 0.25) is 10.0 Å². The number of rotatable bonds is 4. The van der Waals surface area contributed by atoms with Crippen LogP contribution in [-0.2, 0) is 10.0 Å². The molecule has 1 aliphatic heterocycles. The van der Waals surface area contributed by atoms with Gasteiger partial charge in [-0.05, 0) is 19.2 Å². The van der Waals surface area contributed by atoms with Crippen LogP contribution in [0.15, 0.2) is 0 Å². The Morgan fingerprint density at radius 2 is 1.79 bits per heavy atom. The number of piperazine rings is 1. The van der Waals surface area contributed by atoms with Gasteiger partial charge < -0.3 is 4.90 Å².